The molecule has 0 aliphatic rings. The number of aryl methyl sites for hydroxylation is 2. The minimum atomic E-state index is -0.0393. The van der Waals surface area contributed by atoms with Gasteiger partial charge in [-0.15, -0.1) is 0 Å². The van der Waals surface area contributed by atoms with E-state index in [4.69, 9.17) is 4.99 Å². The van der Waals surface area contributed by atoms with Crippen LogP contribution in [0.15, 0.2) is 53.5 Å². The van der Waals surface area contributed by atoms with Crippen molar-refractivity contribution in [1.82, 2.24) is 25.5 Å². The topological polar surface area (TPSA) is 83.3 Å². The monoisotopic (exact) mass is 448 g/mol. The third kappa shape index (κ3) is 6.81. The minimum Gasteiger partial charge on any atom is -0.357 e. The Balaban J connectivity index is 1.55. The number of guanidine groups is 1. The Labute approximate surface area is 196 Å². The number of aromatic nitrogens is 2. The highest BCUT2D eigenvalue weighted by atomic mass is 16.1. The Hall–Kier alpha value is -3.35. The zero-order valence-corrected chi connectivity index (χ0v) is 20.2. The Morgan fingerprint density at radius 2 is 1.94 bits per heavy atom. The van der Waals surface area contributed by atoms with Crippen LogP contribution in [0.3, 0.4) is 0 Å². The van der Waals surface area contributed by atoms with E-state index < -0.39 is 0 Å². The number of hydrogen-bond donors (Lipinski definition) is 3. The maximum Gasteiger partial charge on any atom is 0.251 e. The number of benzene rings is 2. The molecule has 2 aromatic carbocycles. The van der Waals surface area contributed by atoms with Crippen molar-refractivity contribution in [1.29, 1.82) is 0 Å². The first kappa shape index (κ1) is 24.3. The lowest BCUT2D eigenvalue weighted by molar-refractivity contribution is 0.0939. The fourth-order valence-electron chi connectivity index (χ4n) is 3.65. The molecule has 0 aliphatic carbocycles. The molecule has 1 unspecified atom stereocenters. The van der Waals surface area contributed by atoms with Crippen molar-refractivity contribution >= 4 is 22.9 Å². The molecule has 0 saturated carbocycles. The summed E-state index contributed by atoms with van der Waals surface area (Å²) in [5.41, 5.74) is 3.89. The summed E-state index contributed by atoms with van der Waals surface area (Å²) in [7, 11) is 0. The van der Waals surface area contributed by atoms with Crippen LogP contribution in [0.5, 0.6) is 0 Å². The van der Waals surface area contributed by atoms with Crippen molar-refractivity contribution in [2.24, 2.45) is 4.99 Å². The summed E-state index contributed by atoms with van der Waals surface area (Å²) >= 11 is 0. The van der Waals surface area contributed by atoms with E-state index in [1.165, 1.54) is 5.52 Å². The molecule has 3 N–H and O–H groups in total. The van der Waals surface area contributed by atoms with Crippen LogP contribution in [-0.2, 0) is 13.1 Å². The second-order valence-corrected chi connectivity index (χ2v) is 8.26. The maximum absolute atomic E-state index is 12.4. The summed E-state index contributed by atoms with van der Waals surface area (Å²) in [6, 6.07) is 16.1. The average Bonchev–Trinajstić information content (AvgIpc) is 3.15. The molecule has 0 bridgehead atoms. The van der Waals surface area contributed by atoms with Crippen LogP contribution >= 0.6 is 0 Å². The van der Waals surface area contributed by atoms with E-state index in [0.717, 1.165) is 55.3 Å². The minimum absolute atomic E-state index is 0.0393. The Morgan fingerprint density at radius 3 is 2.73 bits per heavy atom. The van der Waals surface area contributed by atoms with Crippen molar-refractivity contribution in [2.75, 3.05) is 13.1 Å². The number of imidazole rings is 1. The zero-order valence-electron chi connectivity index (χ0n) is 20.2. The summed E-state index contributed by atoms with van der Waals surface area (Å²) in [5, 5.41) is 9.73. The highest BCUT2D eigenvalue weighted by Crippen LogP contribution is 2.15. The van der Waals surface area contributed by atoms with Crippen molar-refractivity contribution in [3.8, 4) is 0 Å². The van der Waals surface area contributed by atoms with Crippen LogP contribution in [0.4, 0.5) is 0 Å². The summed E-state index contributed by atoms with van der Waals surface area (Å²) < 4.78 is 2.26. The van der Waals surface area contributed by atoms with Crippen LogP contribution < -0.4 is 16.0 Å². The third-order valence-electron chi connectivity index (χ3n) is 5.64. The van der Waals surface area contributed by atoms with Crippen molar-refractivity contribution in [2.45, 2.75) is 59.7 Å². The molecule has 3 aromatic rings. The number of nitrogens with zero attached hydrogens (tertiary/aromatic N) is 3. The van der Waals surface area contributed by atoms with Gasteiger partial charge in [-0.2, -0.15) is 0 Å². The molecule has 0 radical (unpaired) electrons. The molecule has 3 rings (SSSR count). The number of carbonyl (C=O) groups excluding carboxylic acids is 1. The van der Waals surface area contributed by atoms with Crippen molar-refractivity contribution < 1.29 is 4.79 Å². The zero-order chi connectivity index (χ0) is 23.6. The van der Waals surface area contributed by atoms with Crippen molar-refractivity contribution in [3.63, 3.8) is 0 Å². The Morgan fingerprint density at radius 1 is 1.12 bits per heavy atom. The number of carbonyl (C=O) groups is 1. The van der Waals surface area contributed by atoms with Gasteiger partial charge in [0.05, 0.1) is 17.6 Å². The van der Waals surface area contributed by atoms with Crippen molar-refractivity contribution in [3.05, 3.63) is 65.5 Å². The van der Waals surface area contributed by atoms with E-state index in [1.54, 1.807) is 0 Å². The van der Waals surface area contributed by atoms with E-state index in [1.807, 2.05) is 37.3 Å². The Bertz CT molecular complexity index is 1090. The number of hydrogen-bond acceptors (Lipinski definition) is 3. The van der Waals surface area contributed by atoms with E-state index in [-0.39, 0.29) is 11.9 Å². The molecule has 0 fully saturated rings. The summed E-state index contributed by atoms with van der Waals surface area (Å²) in [5.74, 6) is 1.77. The lowest BCUT2D eigenvalue weighted by atomic mass is 10.1. The fraction of sp³-hybridized carbons (Fsp3) is 0.423. The van der Waals surface area contributed by atoms with Gasteiger partial charge in [-0.1, -0.05) is 31.2 Å². The summed E-state index contributed by atoms with van der Waals surface area (Å²) in [6.45, 7) is 11.2. The van der Waals surface area contributed by atoms with Gasteiger partial charge >= 0.3 is 0 Å². The lowest BCUT2D eigenvalue weighted by Gasteiger charge is -2.13. The third-order valence-corrected chi connectivity index (χ3v) is 5.64. The van der Waals surface area contributed by atoms with E-state index >= 15 is 0 Å². The molecule has 1 aromatic heterocycles. The summed E-state index contributed by atoms with van der Waals surface area (Å²) in [4.78, 5) is 21.8. The molecule has 7 heteroatoms. The summed E-state index contributed by atoms with van der Waals surface area (Å²) in [6.07, 6.45) is 1.86. The number of amides is 1. The predicted octanol–water partition coefficient (Wildman–Crippen LogP) is 4.02. The van der Waals surface area contributed by atoms with Gasteiger partial charge in [-0.3, -0.25) is 4.79 Å². The molecule has 0 aliphatic heterocycles. The molecule has 0 spiro atoms. The van der Waals surface area contributed by atoms with Gasteiger partial charge in [-0.05, 0) is 63.4 Å². The van der Waals surface area contributed by atoms with Gasteiger partial charge < -0.3 is 20.5 Å². The van der Waals surface area contributed by atoms with Crippen LogP contribution in [-0.4, -0.2) is 40.5 Å². The highest BCUT2D eigenvalue weighted by Gasteiger charge is 2.09. The molecule has 0 saturated heterocycles. The molecular formula is C26H36N6O. The molecule has 1 heterocycles. The van der Waals surface area contributed by atoms with Crippen LogP contribution in [0.1, 0.15) is 55.4 Å². The van der Waals surface area contributed by atoms with Crippen LogP contribution in [0.2, 0.25) is 0 Å². The fourth-order valence-corrected chi connectivity index (χ4v) is 3.65. The number of para-hydroxylation sites is 2. The quantitative estimate of drug-likeness (QED) is 0.249. The first-order chi connectivity index (χ1) is 16.0. The van der Waals surface area contributed by atoms with Gasteiger partial charge in [0, 0.05) is 31.2 Å². The molecule has 1 amide bonds. The number of rotatable bonds is 10. The molecule has 33 heavy (non-hydrogen) atoms. The smallest absolute Gasteiger partial charge is 0.251 e. The first-order valence-corrected chi connectivity index (χ1v) is 11.9. The van der Waals surface area contributed by atoms with E-state index in [0.29, 0.717) is 12.1 Å². The number of aliphatic imine (C=N–C) groups is 1. The predicted molar refractivity (Wildman–Crippen MR) is 136 cm³/mol. The average molecular weight is 449 g/mol. The number of fused-ring (bicyclic) bond motifs is 1. The van der Waals surface area contributed by atoms with Gasteiger partial charge in [0.15, 0.2) is 5.96 Å². The standard InChI is InChI=1S/C26H36N6O/c1-5-19(3)30-25(33)22-12-9-11-21(17-22)18-29-26(27-6-2)28-15-10-16-32-20(4)31-23-13-7-8-14-24(23)32/h7-9,11-14,17,19H,5-6,10,15-16,18H2,1-4H3,(H,30,33)(H2,27,28,29). The molecule has 1 atom stereocenters. The Kier molecular flexibility index (Phi) is 8.87. The lowest BCUT2D eigenvalue weighted by Crippen LogP contribution is -2.38. The van der Waals surface area contributed by atoms with Crippen LogP contribution in [0, 0.1) is 6.92 Å². The first-order valence-electron chi connectivity index (χ1n) is 11.9. The SMILES string of the molecule is CCNC(=NCc1cccc(C(=O)NC(C)CC)c1)NCCCn1c(C)nc2ccccc21. The second kappa shape index (κ2) is 12.0. The largest absolute Gasteiger partial charge is 0.357 e. The van der Waals surface area contributed by atoms with Crippen LogP contribution in [0.25, 0.3) is 11.0 Å². The van der Waals surface area contributed by atoms with Gasteiger partial charge in [0.2, 0.25) is 0 Å². The normalized spacial score (nSPS) is 12.5. The second-order valence-electron chi connectivity index (χ2n) is 8.26. The van der Waals surface area contributed by atoms with E-state index in [9.17, 15) is 4.79 Å². The van der Waals surface area contributed by atoms with Gasteiger partial charge in [-0.25, -0.2) is 9.98 Å². The van der Waals surface area contributed by atoms with Gasteiger partial charge in [0.25, 0.3) is 5.91 Å². The maximum atomic E-state index is 12.4. The molecule has 7 nitrogen and oxygen atoms in total. The molecule has 176 valence electrons. The van der Waals surface area contributed by atoms with Gasteiger partial charge in [0.1, 0.15) is 5.82 Å². The van der Waals surface area contributed by atoms with E-state index in [2.05, 4.69) is 64.5 Å². The molecular weight excluding hydrogens is 412 g/mol. The highest BCUT2D eigenvalue weighted by molar-refractivity contribution is 5.94. The number of nitrogens with one attached hydrogen (secondary N) is 3.